The van der Waals surface area contributed by atoms with Crippen molar-refractivity contribution in [3.63, 3.8) is 0 Å². The first kappa shape index (κ1) is 6.62. The Bertz CT molecular complexity index is 97.1. The quantitative estimate of drug-likeness (QED) is 0.578. The summed E-state index contributed by atoms with van der Waals surface area (Å²) in [5.74, 6) is 0.544. The van der Waals surface area contributed by atoms with Crippen LogP contribution in [0.1, 0.15) is 12.8 Å². The van der Waals surface area contributed by atoms with Gasteiger partial charge < -0.3 is 10.4 Å². The lowest BCUT2D eigenvalue weighted by atomic mass is 9.81. The number of nitrogens with one attached hydrogen (secondary N) is 1. The standard InChI is InChI=1S/C7H13NO/c1-2-8-7-3-6(4-7)5-9/h2,6-9H,1,3-5H2. The average molecular weight is 127 g/mol. The van der Waals surface area contributed by atoms with Gasteiger partial charge in [0.1, 0.15) is 0 Å². The molecule has 0 heterocycles. The molecule has 0 bridgehead atoms. The van der Waals surface area contributed by atoms with Crippen LogP contribution in [0.5, 0.6) is 0 Å². The maximum atomic E-state index is 8.62. The van der Waals surface area contributed by atoms with Gasteiger partial charge in [-0.1, -0.05) is 6.58 Å². The highest BCUT2D eigenvalue weighted by atomic mass is 16.3. The van der Waals surface area contributed by atoms with E-state index >= 15 is 0 Å². The van der Waals surface area contributed by atoms with E-state index in [4.69, 9.17) is 5.11 Å². The lowest BCUT2D eigenvalue weighted by Crippen LogP contribution is -2.39. The van der Waals surface area contributed by atoms with Crippen molar-refractivity contribution in [2.75, 3.05) is 6.61 Å². The van der Waals surface area contributed by atoms with Crippen LogP contribution in [0, 0.1) is 5.92 Å². The molecular formula is C7H13NO. The van der Waals surface area contributed by atoms with Gasteiger partial charge >= 0.3 is 0 Å². The zero-order chi connectivity index (χ0) is 6.69. The van der Waals surface area contributed by atoms with Gasteiger partial charge in [0.2, 0.25) is 0 Å². The molecule has 2 nitrogen and oxygen atoms in total. The molecule has 1 aliphatic rings. The summed E-state index contributed by atoms with van der Waals surface area (Å²) in [4.78, 5) is 0. The van der Waals surface area contributed by atoms with Gasteiger partial charge in [-0.15, -0.1) is 0 Å². The number of aliphatic hydroxyl groups excluding tert-OH is 1. The van der Waals surface area contributed by atoms with Gasteiger partial charge in [-0.05, 0) is 25.0 Å². The molecule has 1 saturated carbocycles. The van der Waals surface area contributed by atoms with Crippen molar-refractivity contribution in [1.82, 2.24) is 5.32 Å². The van der Waals surface area contributed by atoms with Gasteiger partial charge in [0.15, 0.2) is 0 Å². The third kappa shape index (κ3) is 1.45. The predicted molar refractivity (Wildman–Crippen MR) is 36.9 cm³/mol. The van der Waals surface area contributed by atoms with Crippen LogP contribution in [0.2, 0.25) is 0 Å². The fourth-order valence-corrected chi connectivity index (χ4v) is 1.19. The summed E-state index contributed by atoms with van der Waals surface area (Å²) >= 11 is 0. The van der Waals surface area contributed by atoms with E-state index < -0.39 is 0 Å². The fraction of sp³-hybridized carbons (Fsp3) is 0.714. The maximum Gasteiger partial charge on any atom is 0.0460 e. The summed E-state index contributed by atoms with van der Waals surface area (Å²) in [6, 6.07) is 0.583. The summed E-state index contributed by atoms with van der Waals surface area (Å²) in [6.45, 7) is 3.90. The largest absolute Gasteiger partial charge is 0.396 e. The molecule has 0 amide bonds. The fourth-order valence-electron chi connectivity index (χ4n) is 1.19. The van der Waals surface area contributed by atoms with Crippen LogP contribution < -0.4 is 5.32 Å². The molecular weight excluding hydrogens is 114 g/mol. The van der Waals surface area contributed by atoms with Crippen molar-refractivity contribution in [3.05, 3.63) is 12.8 Å². The van der Waals surface area contributed by atoms with E-state index in [0.717, 1.165) is 12.8 Å². The van der Waals surface area contributed by atoms with Gasteiger partial charge in [-0.2, -0.15) is 0 Å². The number of hydrogen-bond acceptors (Lipinski definition) is 2. The van der Waals surface area contributed by atoms with E-state index in [1.165, 1.54) is 0 Å². The molecule has 0 aromatic rings. The third-order valence-corrected chi connectivity index (χ3v) is 1.85. The van der Waals surface area contributed by atoms with E-state index in [9.17, 15) is 0 Å². The maximum absolute atomic E-state index is 8.62. The highest BCUT2D eigenvalue weighted by molar-refractivity contribution is 4.87. The Kier molecular flexibility index (Phi) is 2.11. The zero-order valence-electron chi connectivity index (χ0n) is 5.51. The second-order valence-corrected chi connectivity index (χ2v) is 2.59. The Morgan fingerprint density at radius 1 is 1.67 bits per heavy atom. The SMILES string of the molecule is C=CNC1CC(CO)C1. The summed E-state index contributed by atoms with van der Waals surface area (Å²) in [5.41, 5.74) is 0. The second-order valence-electron chi connectivity index (χ2n) is 2.59. The van der Waals surface area contributed by atoms with Crippen molar-refractivity contribution in [1.29, 1.82) is 0 Å². The van der Waals surface area contributed by atoms with Crippen LogP contribution in [0.25, 0.3) is 0 Å². The van der Waals surface area contributed by atoms with Gasteiger partial charge in [0, 0.05) is 12.6 Å². The van der Waals surface area contributed by atoms with Crippen molar-refractivity contribution in [3.8, 4) is 0 Å². The molecule has 0 aliphatic heterocycles. The monoisotopic (exact) mass is 127 g/mol. The van der Waals surface area contributed by atoms with Crippen LogP contribution in [0.3, 0.4) is 0 Å². The Balaban J connectivity index is 2.04. The van der Waals surface area contributed by atoms with E-state index in [-0.39, 0.29) is 0 Å². The smallest absolute Gasteiger partial charge is 0.0460 e. The van der Waals surface area contributed by atoms with Crippen molar-refractivity contribution < 1.29 is 5.11 Å². The number of aliphatic hydroxyl groups is 1. The molecule has 1 fully saturated rings. The minimum Gasteiger partial charge on any atom is -0.396 e. The minimum absolute atomic E-state index is 0.343. The highest BCUT2D eigenvalue weighted by Crippen LogP contribution is 2.26. The van der Waals surface area contributed by atoms with Crippen LogP contribution in [-0.4, -0.2) is 17.8 Å². The molecule has 0 aromatic heterocycles. The van der Waals surface area contributed by atoms with E-state index in [1.54, 1.807) is 6.20 Å². The topological polar surface area (TPSA) is 32.3 Å². The van der Waals surface area contributed by atoms with Gasteiger partial charge in [-0.3, -0.25) is 0 Å². The second kappa shape index (κ2) is 2.87. The molecule has 0 saturated heterocycles. The molecule has 2 N–H and O–H groups in total. The molecule has 9 heavy (non-hydrogen) atoms. The van der Waals surface area contributed by atoms with Gasteiger partial charge in [0.05, 0.1) is 0 Å². The first-order valence-corrected chi connectivity index (χ1v) is 3.34. The van der Waals surface area contributed by atoms with Crippen LogP contribution in [0.4, 0.5) is 0 Å². The molecule has 0 aromatic carbocycles. The van der Waals surface area contributed by atoms with Crippen molar-refractivity contribution in [2.24, 2.45) is 5.92 Å². The van der Waals surface area contributed by atoms with Gasteiger partial charge in [0.25, 0.3) is 0 Å². The Hall–Kier alpha value is -0.500. The van der Waals surface area contributed by atoms with Crippen molar-refractivity contribution in [2.45, 2.75) is 18.9 Å². The zero-order valence-corrected chi connectivity index (χ0v) is 5.51. The first-order valence-electron chi connectivity index (χ1n) is 3.34. The van der Waals surface area contributed by atoms with Crippen LogP contribution in [0.15, 0.2) is 12.8 Å². The Morgan fingerprint density at radius 2 is 2.33 bits per heavy atom. The van der Waals surface area contributed by atoms with Crippen LogP contribution in [-0.2, 0) is 0 Å². The van der Waals surface area contributed by atoms with E-state index in [2.05, 4.69) is 11.9 Å². The van der Waals surface area contributed by atoms with E-state index in [0.29, 0.717) is 18.6 Å². The van der Waals surface area contributed by atoms with Crippen molar-refractivity contribution >= 4 is 0 Å². The molecule has 1 aliphatic carbocycles. The Morgan fingerprint density at radius 3 is 2.78 bits per heavy atom. The molecule has 2 heteroatoms. The molecule has 52 valence electrons. The minimum atomic E-state index is 0.343. The van der Waals surface area contributed by atoms with E-state index in [1.807, 2.05) is 0 Å². The molecule has 0 spiro atoms. The van der Waals surface area contributed by atoms with Gasteiger partial charge in [-0.25, -0.2) is 0 Å². The molecule has 0 atom stereocenters. The van der Waals surface area contributed by atoms with Crippen LogP contribution >= 0.6 is 0 Å². The molecule has 1 rings (SSSR count). The average Bonchev–Trinajstić information content (AvgIpc) is 1.77. The molecule has 0 radical (unpaired) electrons. The predicted octanol–water partition coefficient (Wildman–Crippen LogP) is 0.490. The lowest BCUT2D eigenvalue weighted by Gasteiger charge is -2.33. The normalized spacial score (nSPS) is 33.0. The number of rotatable bonds is 3. The summed E-state index contributed by atoms with van der Waals surface area (Å²) in [7, 11) is 0. The summed E-state index contributed by atoms with van der Waals surface area (Å²) in [5, 5.41) is 11.7. The lowest BCUT2D eigenvalue weighted by molar-refractivity contribution is 0.133. The highest BCUT2D eigenvalue weighted by Gasteiger charge is 2.26. The first-order chi connectivity index (χ1) is 4.36. The Labute approximate surface area is 55.6 Å². The summed E-state index contributed by atoms with van der Waals surface area (Å²) in [6.07, 6.45) is 3.92. The third-order valence-electron chi connectivity index (χ3n) is 1.85. The molecule has 0 unspecified atom stereocenters. The summed E-state index contributed by atoms with van der Waals surface area (Å²) < 4.78 is 0. The number of hydrogen-bond donors (Lipinski definition) is 2.